The molecule has 3 rings (SSSR count). The first-order chi connectivity index (χ1) is 9.72. The van der Waals surface area contributed by atoms with Gasteiger partial charge in [-0.25, -0.2) is 4.98 Å². The first-order valence-corrected chi connectivity index (χ1v) is 7.58. The van der Waals surface area contributed by atoms with E-state index in [-0.39, 0.29) is 0 Å². The molecule has 0 spiro atoms. The van der Waals surface area contributed by atoms with Crippen LogP contribution < -0.4 is 0 Å². The van der Waals surface area contributed by atoms with E-state index >= 15 is 0 Å². The zero-order chi connectivity index (χ0) is 13.9. The van der Waals surface area contributed by atoms with Crippen molar-refractivity contribution < 1.29 is 0 Å². The second kappa shape index (κ2) is 6.13. The van der Waals surface area contributed by atoms with Gasteiger partial charge in [0.15, 0.2) is 0 Å². The van der Waals surface area contributed by atoms with Gasteiger partial charge in [-0.05, 0) is 30.0 Å². The highest BCUT2D eigenvalue weighted by atomic mass is 35.5. The lowest BCUT2D eigenvalue weighted by molar-refractivity contribution is 0.279. The van der Waals surface area contributed by atoms with Gasteiger partial charge in [-0.15, -0.1) is 0 Å². The minimum atomic E-state index is 0.446. The zero-order valence-corrected chi connectivity index (χ0v) is 12.7. The second-order valence-corrected chi connectivity index (χ2v) is 5.87. The van der Waals surface area contributed by atoms with Crippen LogP contribution in [0.3, 0.4) is 0 Å². The average molecular weight is 307 g/mol. The maximum atomic E-state index is 6.16. The Balaban J connectivity index is 1.71. The van der Waals surface area contributed by atoms with Crippen molar-refractivity contribution in [3.8, 4) is 0 Å². The fourth-order valence-electron chi connectivity index (χ4n) is 2.67. The van der Waals surface area contributed by atoms with E-state index in [9.17, 15) is 0 Å². The molecule has 2 aromatic rings. The molecule has 1 aromatic heterocycles. The van der Waals surface area contributed by atoms with E-state index in [4.69, 9.17) is 23.2 Å². The molecule has 1 aliphatic heterocycles. The van der Waals surface area contributed by atoms with E-state index in [1.165, 1.54) is 11.1 Å². The number of hydrogen-bond acceptors (Lipinski definition) is 2. The minimum Gasteiger partial charge on any atom is -0.298 e. The highest BCUT2D eigenvalue weighted by molar-refractivity contribution is 6.32. The molecule has 1 aliphatic rings. The third-order valence-electron chi connectivity index (χ3n) is 3.80. The number of nitrogens with zero attached hydrogens (tertiary/aromatic N) is 2. The molecular weight excluding hydrogens is 291 g/mol. The van der Waals surface area contributed by atoms with Gasteiger partial charge in [0.2, 0.25) is 0 Å². The molecule has 0 saturated heterocycles. The van der Waals surface area contributed by atoms with E-state index in [1.807, 2.05) is 6.07 Å². The van der Waals surface area contributed by atoms with Gasteiger partial charge < -0.3 is 0 Å². The van der Waals surface area contributed by atoms with Gasteiger partial charge >= 0.3 is 0 Å². The van der Waals surface area contributed by atoms with Gasteiger partial charge in [0.1, 0.15) is 10.3 Å². The van der Waals surface area contributed by atoms with Gasteiger partial charge in [-0.2, -0.15) is 0 Å². The molecule has 0 amide bonds. The monoisotopic (exact) mass is 306 g/mol. The number of aromatic nitrogens is 1. The minimum absolute atomic E-state index is 0.446. The Kier molecular flexibility index (Phi) is 4.25. The van der Waals surface area contributed by atoms with Crippen molar-refractivity contribution >= 4 is 23.2 Å². The maximum absolute atomic E-state index is 6.16. The summed E-state index contributed by atoms with van der Waals surface area (Å²) in [5.41, 5.74) is 3.98. The molecule has 104 valence electrons. The molecule has 2 heterocycles. The summed E-state index contributed by atoms with van der Waals surface area (Å²) in [6.45, 7) is 2.93. The summed E-state index contributed by atoms with van der Waals surface area (Å²) in [6, 6.07) is 12.5. The second-order valence-electron chi connectivity index (χ2n) is 5.13. The van der Waals surface area contributed by atoms with Crippen LogP contribution in [0.5, 0.6) is 0 Å². The molecule has 0 atom stereocenters. The number of rotatable bonds is 2. The molecule has 0 aliphatic carbocycles. The molecule has 0 saturated carbocycles. The van der Waals surface area contributed by atoms with Crippen molar-refractivity contribution in [1.29, 1.82) is 0 Å². The van der Waals surface area contributed by atoms with Crippen LogP contribution in [0.1, 0.15) is 16.7 Å². The lowest BCUT2D eigenvalue weighted by Gasteiger charge is -2.20. The van der Waals surface area contributed by atoms with Crippen LogP contribution in [-0.4, -0.2) is 23.0 Å². The van der Waals surface area contributed by atoms with Crippen LogP contribution in [0, 0.1) is 0 Å². The van der Waals surface area contributed by atoms with Crippen LogP contribution in [0.15, 0.2) is 36.4 Å². The van der Waals surface area contributed by atoms with E-state index in [0.29, 0.717) is 10.3 Å². The van der Waals surface area contributed by atoms with Crippen LogP contribution in [0.25, 0.3) is 0 Å². The van der Waals surface area contributed by atoms with Gasteiger partial charge in [0.05, 0.1) is 0 Å². The molecule has 0 unspecified atom stereocenters. The number of benzene rings is 1. The highest BCUT2D eigenvalue weighted by Crippen LogP contribution is 2.21. The Morgan fingerprint density at radius 2 is 1.60 bits per heavy atom. The van der Waals surface area contributed by atoms with Crippen molar-refractivity contribution in [1.82, 2.24) is 9.88 Å². The van der Waals surface area contributed by atoms with Crippen molar-refractivity contribution in [2.75, 3.05) is 13.1 Å². The van der Waals surface area contributed by atoms with E-state index in [0.717, 1.165) is 38.0 Å². The van der Waals surface area contributed by atoms with Crippen LogP contribution in [-0.2, 0) is 19.4 Å². The van der Waals surface area contributed by atoms with Crippen molar-refractivity contribution in [3.63, 3.8) is 0 Å². The Morgan fingerprint density at radius 3 is 2.20 bits per heavy atom. The van der Waals surface area contributed by atoms with Gasteiger partial charge in [-0.1, -0.05) is 53.5 Å². The van der Waals surface area contributed by atoms with Crippen molar-refractivity contribution in [2.24, 2.45) is 0 Å². The average Bonchev–Trinajstić information content (AvgIpc) is 2.65. The summed E-state index contributed by atoms with van der Waals surface area (Å²) in [4.78, 5) is 6.53. The molecule has 0 bridgehead atoms. The number of pyridine rings is 1. The normalized spacial score (nSPS) is 15.7. The first kappa shape index (κ1) is 13.9. The van der Waals surface area contributed by atoms with E-state index in [2.05, 4.69) is 34.1 Å². The number of fused-ring (bicyclic) bond motifs is 1. The highest BCUT2D eigenvalue weighted by Gasteiger charge is 2.15. The topological polar surface area (TPSA) is 16.1 Å². The Labute approximate surface area is 129 Å². The van der Waals surface area contributed by atoms with E-state index < -0.39 is 0 Å². The van der Waals surface area contributed by atoms with Crippen molar-refractivity contribution in [3.05, 3.63) is 63.4 Å². The summed E-state index contributed by atoms with van der Waals surface area (Å²) >= 11 is 12.0. The number of hydrogen-bond donors (Lipinski definition) is 0. The van der Waals surface area contributed by atoms with E-state index in [1.54, 1.807) is 6.07 Å². The zero-order valence-electron chi connectivity index (χ0n) is 11.1. The Hall–Kier alpha value is -1.09. The largest absolute Gasteiger partial charge is 0.298 e. The van der Waals surface area contributed by atoms with Gasteiger partial charge in [-0.3, -0.25) is 4.90 Å². The summed E-state index contributed by atoms with van der Waals surface area (Å²) in [5, 5.41) is 0.960. The van der Waals surface area contributed by atoms with Crippen molar-refractivity contribution in [2.45, 2.75) is 19.4 Å². The van der Waals surface area contributed by atoms with Gasteiger partial charge in [0, 0.05) is 25.2 Å². The van der Waals surface area contributed by atoms with Gasteiger partial charge in [0.25, 0.3) is 0 Å². The molecule has 2 nitrogen and oxygen atoms in total. The lowest BCUT2D eigenvalue weighted by Crippen LogP contribution is -2.26. The maximum Gasteiger partial charge on any atom is 0.135 e. The molecule has 1 aromatic carbocycles. The number of halogens is 2. The Bertz CT molecular complexity index is 586. The summed E-state index contributed by atoms with van der Waals surface area (Å²) in [5.74, 6) is 0. The molecule has 20 heavy (non-hydrogen) atoms. The molecule has 0 N–H and O–H groups in total. The third-order valence-corrected chi connectivity index (χ3v) is 4.34. The summed E-state index contributed by atoms with van der Waals surface area (Å²) in [6.07, 6.45) is 2.18. The molecule has 0 fully saturated rings. The van der Waals surface area contributed by atoms with Crippen LogP contribution in [0.4, 0.5) is 0 Å². The van der Waals surface area contributed by atoms with Crippen LogP contribution in [0.2, 0.25) is 10.3 Å². The quantitative estimate of drug-likeness (QED) is 0.780. The first-order valence-electron chi connectivity index (χ1n) is 6.82. The third kappa shape index (κ3) is 3.14. The summed E-state index contributed by atoms with van der Waals surface area (Å²) in [7, 11) is 0. The molecule has 0 radical (unpaired) electrons. The summed E-state index contributed by atoms with van der Waals surface area (Å²) < 4.78 is 0. The predicted molar refractivity (Wildman–Crippen MR) is 83.4 cm³/mol. The SMILES string of the molecule is Clc1ccc(CN2CCc3ccccc3CC2)c(Cl)n1. The fraction of sp³-hybridized carbons (Fsp3) is 0.312. The fourth-order valence-corrected chi connectivity index (χ4v) is 3.08. The standard InChI is InChI=1S/C16H16Cl2N2/c17-15-6-5-14(16(18)19-15)11-20-9-7-12-3-1-2-4-13(12)8-10-20/h1-6H,7-11H2. The predicted octanol–water partition coefficient (Wildman–Crippen LogP) is 3.99. The lowest BCUT2D eigenvalue weighted by atomic mass is 10.0. The molecule has 4 heteroatoms. The smallest absolute Gasteiger partial charge is 0.135 e. The molecular formula is C16H16Cl2N2. The van der Waals surface area contributed by atoms with Crippen LogP contribution >= 0.6 is 23.2 Å². The Morgan fingerprint density at radius 1 is 0.950 bits per heavy atom.